The SMILES string of the molecule is CCC(CC)(CN)C(=O)N1CCc2ccc(F)cc21. The summed E-state index contributed by atoms with van der Waals surface area (Å²) in [7, 11) is 0. The molecule has 0 spiro atoms. The molecule has 1 aromatic rings. The van der Waals surface area contributed by atoms with Gasteiger partial charge in [-0.15, -0.1) is 0 Å². The lowest BCUT2D eigenvalue weighted by atomic mass is 9.81. The first-order valence-electron chi connectivity index (χ1n) is 6.88. The Balaban J connectivity index is 2.35. The van der Waals surface area contributed by atoms with Crippen LogP contribution in [0.5, 0.6) is 0 Å². The second kappa shape index (κ2) is 5.29. The highest BCUT2D eigenvalue weighted by Gasteiger charge is 2.39. The van der Waals surface area contributed by atoms with Crippen LogP contribution in [-0.4, -0.2) is 19.0 Å². The van der Waals surface area contributed by atoms with E-state index >= 15 is 0 Å². The third-order valence-electron chi connectivity index (χ3n) is 4.39. The van der Waals surface area contributed by atoms with Gasteiger partial charge in [0.15, 0.2) is 0 Å². The van der Waals surface area contributed by atoms with Gasteiger partial charge in [-0.05, 0) is 37.0 Å². The van der Waals surface area contributed by atoms with Crippen molar-refractivity contribution in [3.63, 3.8) is 0 Å². The predicted molar refractivity (Wildman–Crippen MR) is 74.5 cm³/mol. The summed E-state index contributed by atoms with van der Waals surface area (Å²) in [5, 5.41) is 0. The van der Waals surface area contributed by atoms with Crippen molar-refractivity contribution in [2.24, 2.45) is 11.1 Å². The minimum Gasteiger partial charge on any atom is -0.329 e. The molecule has 0 unspecified atom stereocenters. The molecule has 0 saturated heterocycles. The second-order valence-electron chi connectivity index (χ2n) is 5.17. The van der Waals surface area contributed by atoms with Crippen LogP contribution in [0.25, 0.3) is 0 Å². The molecule has 0 atom stereocenters. The van der Waals surface area contributed by atoms with E-state index in [1.54, 1.807) is 11.0 Å². The summed E-state index contributed by atoms with van der Waals surface area (Å²) in [5.41, 5.74) is 7.05. The minimum absolute atomic E-state index is 0.0318. The molecule has 0 saturated carbocycles. The topological polar surface area (TPSA) is 46.3 Å². The molecule has 19 heavy (non-hydrogen) atoms. The van der Waals surface area contributed by atoms with Crippen molar-refractivity contribution in [1.29, 1.82) is 0 Å². The standard InChI is InChI=1S/C15H21FN2O/c1-3-15(4-2,10-17)14(19)18-8-7-11-5-6-12(16)9-13(11)18/h5-6,9H,3-4,7-8,10,17H2,1-2H3. The molecule has 2 N–H and O–H groups in total. The Morgan fingerprint density at radius 3 is 2.68 bits per heavy atom. The van der Waals surface area contributed by atoms with E-state index in [1.165, 1.54) is 12.1 Å². The van der Waals surface area contributed by atoms with Gasteiger partial charge in [-0.1, -0.05) is 19.9 Å². The molecule has 1 amide bonds. The first kappa shape index (κ1) is 14.0. The number of amides is 1. The minimum atomic E-state index is -0.520. The lowest BCUT2D eigenvalue weighted by Crippen LogP contribution is -2.47. The number of carbonyl (C=O) groups excluding carboxylic acids is 1. The van der Waals surface area contributed by atoms with Crippen LogP contribution >= 0.6 is 0 Å². The number of anilines is 1. The Kier molecular flexibility index (Phi) is 3.90. The maximum atomic E-state index is 13.4. The summed E-state index contributed by atoms with van der Waals surface area (Å²) in [6.07, 6.45) is 2.20. The van der Waals surface area contributed by atoms with Crippen LogP contribution < -0.4 is 10.6 Å². The van der Waals surface area contributed by atoms with Gasteiger partial charge in [-0.25, -0.2) is 4.39 Å². The molecule has 0 bridgehead atoms. The molecule has 3 nitrogen and oxygen atoms in total. The van der Waals surface area contributed by atoms with Crippen LogP contribution in [0.1, 0.15) is 32.3 Å². The number of nitrogens with zero attached hydrogens (tertiary/aromatic N) is 1. The van der Waals surface area contributed by atoms with E-state index in [0.29, 0.717) is 31.6 Å². The zero-order chi connectivity index (χ0) is 14.0. The van der Waals surface area contributed by atoms with Gasteiger partial charge in [0, 0.05) is 18.8 Å². The molecular formula is C15H21FN2O. The van der Waals surface area contributed by atoms with Crippen LogP contribution in [0.3, 0.4) is 0 Å². The quantitative estimate of drug-likeness (QED) is 0.908. The zero-order valence-corrected chi connectivity index (χ0v) is 11.6. The normalized spacial score (nSPS) is 14.6. The zero-order valence-electron chi connectivity index (χ0n) is 11.6. The van der Waals surface area contributed by atoms with Gasteiger partial charge in [-0.3, -0.25) is 4.79 Å². The molecule has 1 heterocycles. The van der Waals surface area contributed by atoms with Gasteiger partial charge in [0.1, 0.15) is 5.82 Å². The summed E-state index contributed by atoms with van der Waals surface area (Å²) >= 11 is 0. The first-order chi connectivity index (χ1) is 9.07. The fourth-order valence-electron chi connectivity index (χ4n) is 2.78. The molecule has 1 aliphatic rings. The smallest absolute Gasteiger partial charge is 0.234 e. The number of halogens is 1. The molecule has 0 fully saturated rings. The van der Waals surface area contributed by atoms with Crippen molar-refractivity contribution < 1.29 is 9.18 Å². The Morgan fingerprint density at radius 1 is 1.42 bits per heavy atom. The van der Waals surface area contributed by atoms with E-state index in [-0.39, 0.29) is 11.7 Å². The Morgan fingerprint density at radius 2 is 2.11 bits per heavy atom. The van der Waals surface area contributed by atoms with Gasteiger partial charge < -0.3 is 10.6 Å². The molecule has 0 aromatic heterocycles. The van der Waals surface area contributed by atoms with Gasteiger partial charge in [0.05, 0.1) is 5.41 Å². The van der Waals surface area contributed by atoms with Crippen LogP contribution in [0.15, 0.2) is 18.2 Å². The van der Waals surface area contributed by atoms with Crippen LogP contribution in [0, 0.1) is 11.2 Å². The predicted octanol–water partition coefficient (Wildman–Crippen LogP) is 2.48. The molecule has 0 radical (unpaired) electrons. The highest BCUT2D eigenvalue weighted by Crippen LogP contribution is 2.35. The number of nitrogens with two attached hydrogens (primary N) is 1. The largest absolute Gasteiger partial charge is 0.329 e. The molecule has 1 aromatic carbocycles. The van der Waals surface area contributed by atoms with Crippen molar-refractivity contribution in [1.82, 2.24) is 0 Å². The summed E-state index contributed by atoms with van der Waals surface area (Å²) < 4.78 is 13.4. The number of fused-ring (bicyclic) bond motifs is 1. The van der Waals surface area contributed by atoms with E-state index in [1.807, 2.05) is 13.8 Å². The maximum absolute atomic E-state index is 13.4. The van der Waals surface area contributed by atoms with Gasteiger partial charge in [0.25, 0.3) is 0 Å². The lowest BCUT2D eigenvalue weighted by molar-refractivity contribution is -0.128. The Hall–Kier alpha value is -1.42. The average molecular weight is 264 g/mol. The number of hydrogen-bond donors (Lipinski definition) is 1. The van der Waals surface area contributed by atoms with E-state index in [4.69, 9.17) is 5.73 Å². The summed E-state index contributed by atoms with van der Waals surface area (Å²) in [4.78, 5) is 14.5. The Labute approximate surface area is 113 Å². The molecule has 1 aliphatic heterocycles. The van der Waals surface area contributed by atoms with Crippen molar-refractivity contribution in [2.45, 2.75) is 33.1 Å². The van der Waals surface area contributed by atoms with E-state index in [0.717, 1.165) is 12.0 Å². The summed E-state index contributed by atoms with van der Waals surface area (Å²) in [5.74, 6) is -0.269. The molecule has 4 heteroatoms. The summed E-state index contributed by atoms with van der Waals surface area (Å²) in [6.45, 7) is 4.92. The van der Waals surface area contributed by atoms with Crippen LogP contribution in [0.2, 0.25) is 0 Å². The first-order valence-corrected chi connectivity index (χ1v) is 6.88. The third-order valence-corrected chi connectivity index (χ3v) is 4.39. The van der Waals surface area contributed by atoms with Crippen molar-refractivity contribution in [3.8, 4) is 0 Å². The number of hydrogen-bond acceptors (Lipinski definition) is 2. The highest BCUT2D eigenvalue weighted by atomic mass is 19.1. The fourth-order valence-corrected chi connectivity index (χ4v) is 2.78. The van der Waals surface area contributed by atoms with Crippen molar-refractivity contribution in [2.75, 3.05) is 18.0 Å². The number of benzene rings is 1. The number of carbonyl (C=O) groups is 1. The molecule has 0 aliphatic carbocycles. The van der Waals surface area contributed by atoms with Gasteiger partial charge >= 0.3 is 0 Å². The Bertz CT molecular complexity index is 475. The maximum Gasteiger partial charge on any atom is 0.234 e. The number of rotatable bonds is 4. The van der Waals surface area contributed by atoms with Gasteiger partial charge in [-0.2, -0.15) is 0 Å². The van der Waals surface area contributed by atoms with Crippen molar-refractivity contribution in [3.05, 3.63) is 29.6 Å². The second-order valence-corrected chi connectivity index (χ2v) is 5.17. The van der Waals surface area contributed by atoms with Crippen molar-refractivity contribution >= 4 is 11.6 Å². The van der Waals surface area contributed by atoms with Crippen LogP contribution in [-0.2, 0) is 11.2 Å². The molecule has 104 valence electrons. The highest BCUT2D eigenvalue weighted by molar-refractivity contribution is 5.99. The summed E-state index contributed by atoms with van der Waals surface area (Å²) in [6, 6.07) is 4.66. The van der Waals surface area contributed by atoms with Crippen LogP contribution in [0.4, 0.5) is 10.1 Å². The van der Waals surface area contributed by atoms with E-state index in [9.17, 15) is 9.18 Å². The van der Waals surface area contributed by atoms with E-state index in [2.05, 4.69) is 0 Å². The third kappa shape index (κ3) is 2.25. The average Bonchev–Trinajstić information content (AvgIpc) is 2.84. The fraction of sp³-hybridized carbons (Fsp3) is 0.533. The molecular weight excluding hydrogens is 243 g/mol. The van der Waals surface area contributed by atoms with Gasteiger partial charge in [0.2, 0.25) is 5.91 Å². The lowest BCUT2D eigenvalue weighted by Gasteiger charge is -2.33. The van der Waals surface area contributed by atoms with E-state index < -0.39 is 5.41 Å². The molecule has 2 rings (SSSR count). The monoisotopic (exact) mass is 264 g/mol.